The van der Waals surface area contributed by atoms with Gasteiger partial charge in [-0.2, -0.15) is 0 Å². The summed E-state index contributed by atoms with van der Waals surface area (Å²) < 4.78 is 0. The highest BCUT2D eigenvalue weighted by Crippen LogP contribution is 2.48. The quantitative estimate of drug-likeness (QED) is 0.294. The van der Waals surface area contributed by atoms with Crippen molar-refractivity contribution < 1.29 is 29.4 Å². The van der Waals surface area contributed by atoms with E-state index in [4.69, 9.17) is 0 Å². The highest BCUT2D eigenvalue weighted by atomic mass is 16.3. The molecule has 0 heterocycles. The fourth-order valence-corrected chi connectivity index (χ4v) is 10.2. The number of hydrogen-bond donors (Lipinski definition) is 2. The van der Waals surface area contributed by atoms with Crippen LogP contribution in [0, 0.1) is 56.2 Å². The summed E-state index contributed by atoms with van der Waals surface area (Å²) in [5.74, 6) is 2.98. The van der Waals surface area contributed by atoms with Gasteiger partial charge in [0, 0.05) is 46.3 Å². The summed E-state index contributed by atoms with van der Waals surface area (Å²) in [7, 11) is 0. The Morgan fingerprint density at radius 3 is 1.66 bits per heavy atom. The maximum atomic E-state index is 13.3. The summed E-state index contributed by atoms with van der Waals surface area (Å²) in [6.07, 6.45) is 14.7. The molecule has 0 aliphatic heterocycles. The molecule has 8 atom stereocenters. The number of aliphatic hydroxyl groups is 2. The second-order valence-electron chi connectivity index (χ2n) is 23.7. The molecular formula is C50H92O6. The first-order valence-electron chi connectivity index (χ1n) is 22.5. The maximum absolute atomic E-state index is 13.3. The summed E-state index contributed by atoms with van der Waals surface area (Å²) >= 11 is 0. The fourth-order valence-electron chi connectivity index (χ4n) is 10.2. The van der Waals surface area contributed by atoms with Crippen LogP contribution in [0.3, 0.4) is 0 Å². The van der Waals surface area contributed by atoms with Crippen molar-refractivity contribution in [1.82, 2.24) is 0 Å². The molecule has 0 amide bonds. The van der Waals surface area contributed by atoms with Crippen LogP contribution >= 0.6 is 0 Å². The van der Waals surface area contributed by atoms with E-state index in [9.17, 15) is 29.4 Å². The maximum Gasteiger partial charge on any atom is 0.144 e. The van der Waals surface area contributed by atoms with Gasteiger partial charge < -0.3 is 10.2 Å². The highest BCUT2D eigenvalue weighted by Gasteiger charge is 2.42. The second-order valence-corrected chi connectivity index (χ2v) is 23.7. The van der Waals surface area contributed by atoms with Crippen LogP contribution in [-0.4, -0.2) is 45.6 Å². The van der Waals surface area contributed by atoms with Gasteiger partial charge in [-0.05, 0) is 99.7 Å². The smallest absolute Gasteiger partial charge is 0.144 e. The standard InChI is InChI=1S/C25H44O2.C24H44O4.CH4/c1-23(2,3)17-25(7)15-9-12-20-16-19(20)11-8-10-18(13-14-21(25)26)22(27)24(4,5)6;1-22(2,3)16-17-10-8-11-19(26)20(27)12-9-14-24(7,15-13-18(17)25)21(28)23(4,5)6;/h18-20H,8-17H2,1-7H3;17,19-20,26-27H,8-16H2,1-7H3;1H4. The van der Waals surface area contributed by atoms with Gasteiger partial charge >= 0.3 is 0 Å². The lowest BCUT2D eigenvalue weighted by atomic mass is 9.67. The first-order chi connectivity index (χ1) is 25.0. The SMILES string of the molecule is C.CC(C)(C)CC1(C)CCCC2CC2CCCC(C(=O)C(C)(C)C)CCC1=O.CC(C)(C)CC1CCCC(O)C(O)CCCC(C)(C(=O)C(C)(C)C)CCC1=O. The number of Topliss-reactive ketones (excluding diaryl/α,β-unsaturated/α-hetero) is 4. The fraction of sp³-hybridized carbons (Fsp3) is 0.920. The van der Waals surface area contributed by atoms with E-state index in [1.54, 1.807) is 0 Å². The van der Waals surface area contributed by atoms with Gasteiger partial charge in [0.15, 0.2) is 0 Å². The van der Waals surface area contributed by atoms with E-state index in [-0.39, 0.29) is 52.5 Å². The van der Waals surface area contributed by atoms with Crippen molar-refractivity contribution in [3.63, 3.8) is 0 Å². The third kappa shape index (κ3) is 17.8. The summed E-state index contributed by atoms with van der Waals surface area (Å²) in [4.78, 5) is 52.5. The predicted octanol–water partition coefficient (Wildman–Crippen LogP) is 12.7. The minimum atomic E-state index is -0.758. The molecule has 0 spiro atoms. The number of ketones is 4. The van der Waals surface area contributed by atoms with Crippen LogP contribution in [0.2, 0.25) is 0 Å². The molecule has 6 heteroatoms. The molecule has 2 N–H and O–H groups in total. The Labute approximate surface area is 346 Å². The second kappa shape index (κ2) is 21.2. The van der Waals surface area contributed by atoms with Crippen LogP contribution in [0.4, 0.5) is 0 Å². The van der Waals surface area contributed by atoms with E-state index in [0.717, 1.165) is 63.2 Å². The lowest BCUT2D eigenvalue weighted by molar-refractivity contribution is -0.137. The molecule has 0 aromatic heterocycles. The molecule has 3 fully saturated rings. The van der Waals surface area contributed by atoms with Gasteiger partial charge in [-0.3, -0.25) is 19.2 Å². The number of carbonyl (C=O) groups is 4. The Morgan fingerprint density at radius 1 is 0.625 bits per heavy atom. The third-order valence-electron chi connectivity index (χ3n) is 13.1. The van der Waals surface area contributed by atoms with Crippen molar-refractivity contribution in [2.45, 2.75) is 239 Å². The Kier molecular flexibility index (Phi) is 19.9. The van der Waals surface area contributed by atoms with Crippen molar-refractivity contribution in [3.8, 4) is 0 Å². The van der Waals surface area contributed by atoms with E-state index in [0.29, 0.717) is 56.5 Å². The number of carbonyl (C=O) groups excluding carboxylic acids is 4. The summed E-state index contributed by atoms with van der Waals surface area (Å²) in [6, 6.07) is 0. The van der Waals surface area contributed by atoms with E-state index in [2.05, 4.69) is 48.5 Å². The number of fused-ring (bicyclic) bond motifs is 1. The summed E-state index contributed by atoms with van der Waals surface area (Å²) in [5.41, 5.74) is -1.36. The zero-order valence-electron chi connectivity index (χ0n) is 38.4. The van der Waals surface area contributed by atoms with E-state index < -0.39 is 23.0 Å². The Hall–Kier alpha value is -1.40. The Balaban J connectivity index is 0.000000550. The molecular weight excluding hydrogens is 697 g/mol. The normalized spacial score (nSPS) is 32.5. The summed E-state index contributed by atoms with van der Waals surface area (Å²) in [5, 5.41) is 20.6. The molecule has 0 aromatic carbocycles. The van der Waals surface area contributed by atoms with Crippen molar-refractivity contribution in [1.29, 1.82) is 0 Å². The lowest BCUT2D eigenvalue weighted by Crippen LogP contribution is -2.38. The first-order valence-corrected chi connectivity index (χ1v) is 22.5. The van der Waals surface area contributed by atoms with Gasteiger partial charge in [0.2, 0.25) is 0 Å². The molecule has 0 bridgehead atoms. The van der Waals surface area contributed by atoms with Crippen molar-refractivity contribution in [2.24, 2.45) is 56.2 Å². The van der Waals surface area contributed by atoms with E-state index >= 15 is 0 Å². The number of rotatable bonds is 4. The van der Waals surface area contributed by atoms with Gasteiger partial charge in [0.05, 0.1) is 12.2 Å². The molecule has 6 nitrogen and oxygen atoms in total. The predicted molar refractivity (Wildman–Crippen MR) is 234 cm³/mol. The van der Waals surface area contributed by atoms with Gasteiger partial charge in [-0.15, -0.1) is 0 Å². The molecule has 0 saturated heterocycles. The van der Waals surface area contributed by atoms with Crippen LogP contribution < -0.4 is 0 Å². The number of aliphatic hydroxyl groups excluding tert-OH is 2. The minimum absolute atomic E-state index is 0. The zero-order valence-corrected chi connectivity index (χ0v) is 38.4. The largest absolute Gasteiger partial charge is 0.390 e. The molecule has 3 saturated carbocycles. The highest BCUT2D eigenvalue weighted by molar-refractivity contribution is 5.90. The molecule has 328 valence electrons. The van der Waals surface area contributed by atoms with Crippen LogP contribution in [0.1, 0.15) is 226 Å². The van der Waals surface area contributed by atoms with Crippen molar-refractivity contribution >= 4 is 23.1 Å². The van der Waals surface area contributed by atoms with Gasteiger partial charge in [-0.25, -0.2) is 0 Å². The molecule has 0 radical (unpaired) electrons. The number of hydrogen-bond acceptors (Lipinski definition) is 6. The van der Waals surface area contributed by atoms with Gasteiger partial charge in [-0.1, -0.05) is 136 Å². The van der Waals surface area contributed by atoms with Gasteiger partial charge in [0.1, 0.15) is 23.1 Å². The van der Waals surface area contributed by atoms with Crippen LogP contribution in [0.5, 0.6) is 0 Å². The lowest BCUT2D eigenvalue weighted by Gasteiger charge is -2.35. The van der Waals surface area contributed by atoms with Crippen molar-refractivity contribution in [3.05, 3.63) is 0 Å². The monoisotopic (exact) mass is 789 g/mol. The molecule has 56 heavy (non-hydrogen) atoms. The minimum Gasteiger partial charge on any atom is -0.390 e. The van der Waals surface area contributed by atoms with Crippen LogP contribution in [0.15, 0.2) is 0 Å². The van der Waals surface area contributed by atoms with Crippen LogP contribution in [0.25, 0.3) is 0 Å². The molecule has 3 rings (SSSR count). The molecule has 3 aliphatic rings. The Bertz CT molecular complexity index is 1250. The molecule has 0 aromatic rings. The van der Waals surface area contributed by atoms with Crippen molar-refractivity contribution in [2.75, 3.05) is 0 Å². The zero-order chi connectivity index (χ0) is 42.2. The molecule has 3 aliphatic carbocycles. The molecule has 8 unspecified atom stereocenters. The third-order valence-corrected chi connectivity index (χ3v) is 13.1. The van der Waals surface area contributed by atoms with Gasteiger partial charge in [0.25, 0.3) is 0 Å². The summed E-state index contributed by atoms with van der Waals surface area (Å²) in [6.45, 7) is 29.2. The van der Waals surface area contributed by atoms with E-state index in [1.165, 1.54) is 25.7 Å². The Morgan fingerprint density at radius 2 is 1.14 bits per heavy atom. The topological polar surface area (TPSA) is 109 Å². The van der Waals surface area contributed by atoms with Crippen LogP contribution in [-0.2, 0) is 19.2 Å². The average molecular weight is 789 g/mol. The average Bonchev–Trinajstić information content (AvgIpc) is 3.78. The first kappa shape index (κ1) is 52.6. The van der Waals surface area contributed by atoms with E-state index in [1.807, 2.05) is 48.5 Å².